The van der Waals surface area contributed by atoms with Crippen molar-refractivity contribution in [3.63, 3.8) is 0 Å². The van der Waals surface area contributed by atoms with Crippen LogP contribution in [0, 0.1) is 0 Å². The molecule has 1 aromatic rings. The minimum atomic E-state index is -0.179. The first-order chi connectivity index (χ1) is 8.19. The van der Waals surface area contributed by atoms with Crippen molar-refractivity contribution in [2.45, 2.75) is 6.04 Å². The second-order valence-electron chi connectivity index (χ2n) is 3.87. The predicted molar refractivity (Wildman–Crippen MR) is 69.5 cm³/mol. The zero-order chi connectivity index (χ0) is 12.3. The number of piperazine rings is 1. The van der Waals surface area contributed by atoms with Crippen LogP contribution in [-0.2, 0) is 4.79 Å². The molecule has 0 bridgehead atoms. The van der Waals surface area contributed by atoms with Gasteiger partial charge < -0.3 is 15.5 Å². The molecule has 1 aliphatic rings. The van der Waals surface area contributed by atoms with Crippen molar-refractivity contribution in [1.82, 2.24) is 10.3 Å². The molecule has 1 unspecified atom stereocenters. The molecule has 0 aromatic heterocycles. The van der Waals surface area contributed by atoms with E-state index in [9.17, 15) is 4.79 Å². The number of carbonyl (C=O) groups excluding carboxylic acids is 1. The van der Waals surface area contributed by atoms with E-state index >= 15 is 0 Å². The SMILES string of the molecule is O=CC1CNCCN1Nc1cc(Cl)cc(Cl)c1. The van der Waals surface area contributed by atoms with Gasteiger partial charge in [0.1, 0.15) is 6.29 Å². The average Bonchev–Trinajstić information content (AvgIpc) is 2.28. The molecular weight excluding hydrogens is 261 g/mol. The molecule has 1 aromatic carbocycles. The van der Waals surface area contributed by atoms with Crippen LogP contribution in [0.2, 0.25) is 10.0 Å². The highest BCUT2D eigenvalue weighted by atomic mass is 35.5. The Bertz CT molecular complexity index is 393. The number of hydrogen-bond acceptors (Lipinski definition) is 4. The first-order valence-corrected chi connectivity index (χ1v) is 6.10. The molecule has 2 N–H and O–H groups in total. The zero-order valence-electron chi connectivity index (χ0n) is 9.12. The van der Waals surface area contributed by atoms with Crippen molar-refractivity contribution in [3.8, 4) is 0 Å². The van der Waals surface area contributed by atoms with Crippen LogP contribution >= 0.6 is 23.2 Å². The summed E-state index contributed by atoms with van der Waals surface area (Å²) in [6.45, 7) is 2.23. The third-order valence-electron chi connectivity index (χ3n) is 2.58. The summed E-state index contributed by atoms with van der Waals surface area (Å²) >= 11 is 11.8. The molecule has 17 heavy (non-hydrogen) atoms. The second-order valence-corrected chi connectivity index (χ2v) is 4.74. The summed E-state index contributed by atoms with van der Waals surface area (Å²) in [6.07, 6.45) is 0.922. The molecule has 0 amide bonds. The Morgan fingerprint density at radius 2 is 2.06 bits per heavy atom. The van der Waals surface area contributed by atoms with Gasteiger partial charge in [-0.2, -0.15) is 0 Å². The van der Waals surface area contributed by atoms with E-state index in [4.69, 9.17) is 23.2 Å². The van der Waals surface area contributed by atoms with E-state index < -0.39 is 0 Å². The normalized spacial score (nSPS) is 21.2. The lowest BCUT2D eigenvalue weighted by molar-refractivity contribution is -0.112. The second kappa shape index (κ2) is 5.69. The number of carbonyl (C=O) groups is 1. The molecule has 1 atom stereocenters. The Kier molecular flexibility index (Phi) is 4.23. The number of anilines is 1. The third-order valence-corrected chi connectivity index (χ3v) is 3.01. The summed E-state index contributed by atoms with van der Waals surface area (Å²) in [5.41, 5.74) is 3.94. The van der Waals surface area contributed by atoms with Gasteiger partial charge >= 0.3 is 0 Å². The first kappa shape index (κ1) is 12.6. The average molecular weight is 274 g/mol. The minimum Gasteiger partial charge on any atom is -0.318 e. The van der Waals surface area contributed by atoms with E-state index in [1.54, 1.807) is 18.2 Å². The number of aldehydes is 1. The summed E-state index contributed by atoms with van der Waals surface area (Å²) < 4.78 is 0. The van der Waals surface area contributed by atoms with E-state index in [2.05, 4.69) is 10.7 Å². The molecule has 0 aliphatic carbocycles. The van der Waals surface area contributed by atoms with Crippen molar-refractivity contribution in [1.29, 1.82) is 0 Å². The largest absolute Gasteiger partial charge is 0.318 e. The van der Waals surface area contributed by atoms with E-state index in [1.807, 2.05) is 5.01 Å². The van der Waals surface area contributed by atoms with Gasteiger partial charge in [0.15, 0.2) is 0 Å². The fourth-order valence-electron chi connectivity index (χ4n) is 1.77. The van der Waals surface area contributed by atoms with Gasteiger partial charge in [-0.05, 0) is 18.2 Å². The van der Waals surface area contributed by atoms with Gasteiger partial charge in [0.2, 0.25) is 0 Å². The highest BCUT2D eigenvalue weighted by Crippen LogP contribution is 2.23. The van der Waals surface area contributed by atoms with Crippen LogP contribution in [0.15, 0.2) is 18.2 Å². The van der Waals surface area contributed by atoms with Gasteiger partial charge in [0.25, 0.3) is 0 Å². The van der Waals surface area contributed by atoms with Crippen molar-refractivity contribution in [2.75, 3.05) is 25.1 Å². The Labute approximate surface area is 110 Å². The summed E-state index contributed by atoms with van der Waals surface area (Å²) in [7, 11) is 0. The minimum absolute atomic E-state index is 0.179. The highest BCUT2D eigenvalue weighted by molar-refractivity contribution is 6.35. The van der Waals surface area contributed by atoms with Crippen LogP contribution in [0.4, 0.5) is 5.69 Å². The molecule has 0 saturated carbocycles. The number of nitrogens with zero attached hydrogens (tertiary/aromatic N) is 1. The lowest BCUT2D eigenvalue weighted by Gasteiger charge is -2.33. The molecule has 2 rings (SSSR count). The fraction of sp³-hybridized carbons (Fsp3) is 0.364. The van der Waals surface area contributed by atoms with Crippen molar-refractivity contribution in [3.05, 3.63) is 28.2 Å². The molecule has 4 nitrogen and oxygen atoms in total. The van der Waals surface area contributed by atoms with Crippen LogP contribution in [0.5, 0.6) is 0 Å². The number of halogens is 2. The Morgan fingerprint density at radius 1 is 1.35 bits per heavy atom. The quantitative estimate of drug-likeness (QED) is 0.825. The smallest absolute Gasteiger partial charge is 0.140 e. The molecule has 1 aliphatic heterocycles. The van der Waals surface area contributed by atoms with Gasteiger partial charge in [-0.25, -0.2) is 5.01 Å². The molecule has 1 fully saturated rings. The molecule has 1 heterocycles. The standard InChI is InChI=1S/C11H13Cl2N3O/c12-8-3-9(13)5-10(4-8)15-16-2-1-14-6-11(16)7-17/h3-5,7,11,14-15H,1-2,6H2. The topological polar surface area (TPSA) is 44.4 Å². The zero-order valence-corrected chi connectivity index (χ0v) is 10.6. The molecular formula is C11H13Cl2N3O. The summed E-state index contributed by atoms with van der Waals surface area (Å²) in [4.78, 5) is 10.9. The van der Waals surface area contributed by atoms with E-state index in [-0.39, 0.29) is 6.04 Å². The predicted octanol–water partition coefficient (Wildman–Crippen LogP) is 1.79. The van der Waals surface area contributed by atoms with E-state index in [1.165, 1.54) is 0 Å². The van der Waals surface area contributed by atoms with E-state index in [0.29, 0.717) is 16.6 Å². The van der Waals surface area contributed by atoms with Crippen molar-refractivity contribution in [2.24, 2.45) is 0 Å². The number of benzene rings is 1. The van der Waals surface area contributed by atoms with Gasteiger partial charge in [0.05, 0.1) is 11.7 Å². The maximum absolute atomic E-state index is 10.9. The molecule has 0 spiro atoms. The Morgan fingerprint density at radius 3 is 2.71 bits per heavy atom. The number of hydrazine groups is 1. The van der Waals surface area contributed by atoms with Crippen molar-refractivity contribution < 1.29 is 4.79 Å². The first-order valence-electron chi connectivity index (χ1n) is 5.34. The van der Waals surface area contributed by atoms with Gasteiger partial charge in [-0.15, -0.1) is 0 Å². The number of hydrogen-bond donors (Lipinski definition) is 2. The number of rotatable bonds is 3. The third kappa shape index (κ3) is 3.33. The van der Waals surface area contributed by atoms with Gasteiger partial charge in [0, 0.05) is 29.7 Å². The van der Waals surface area contributed by atoms with Crippen LogP contribution in [0.25, 0.3) is 0 Å². The molecule has 6 heteroatoms. The molecule has 92 valence electrons. The van der Waals surface area contributed by atoms with Gasteiger partial charge in [-0.1, -0.05) is 23.2 Å². The van der Waals surface area contributed by atoms with Crippen LogP contribution in [-0.4, -0.2) is 37.0 Å². The van der Waals surface area contributed by atoms with Gasteiger partial charge in [-0.3, -0.25) is 0 Å². The molecule has 0 radical (unpaired) electrons. The highest BCUT2D eigenvalue weighted by Gasteiger charge is 2.21. The molecule has 1 saturated heterocycles. The summed E-state index contributed by atoms with van der Waals surface area (Å²) in [5, 5.41) is 6.17. The monoisotopic (exact) mass is 273 g/mol. The summed E-state index contributed by atoms with van der Waals surface area (Å²) in [6, 6.07) is 5.04. The lowest BCUT2D eigenvalue weighted by atomic mass is 10.2. The van der Waals surface area contributed by atoms with E-state index in [0.717, 1.165) is 25.1 Å². The maximum atomic E-state index is 10.9. The fourth-order valence-corrected chi connectivity index (χ4v) is 2.30. The van der Waals surface area contributed by atoms with Crippen LogP contribution < -0.4 is 10.7 Å². The Hall–Kier alpha value is -0.810. The van der Waals surface area contributed by atoms with Crippen LogP contribution in [0.3, 0.4) is 0 Å². The lowest BCUT2D eigenvalue weighted by Crippen LogP contribution is -2.54. The van der Waals surface area contributed by atoms with Crippen LogP contribution in [0.1, 0.15) is 0 Å². The van der Waals surface area contributed by atoms with Crippen molar-refractivity contribution >= 4 is 35.2 Å². The maximum Gasteiger partial charge on any atom is 0.140 e. The summed E-state index contributed by atoms with van der Waals surface area (Å²) in [5.74, 6) is 0. The number of nitrogens with one attached hydrogen (secondary N) is 2. The Balaban J connectivity index is 2.10.